The summed E-state index contributed by atoms with van der Waals surface area (Å²) in [5.74, 6) is -0.638. The average Bonchev–Trinajstić information content (AvgIpc) is 3.09. The SMILES string of the molecule is CCCC(=O)Nc1nc2ccc(NC(=S)NC(=O)c3ccc(C)c([N+](=O)[O-])c3)cc2s1. The number of hydrogen-bond acceptors (Lipinski definition) is 7. The van der Waals surface area contributed by atoms with Gasteiger partial charge in [-0.1, -0.05) is 24.3 Å². The maximum atomic E-state index is 12.4. The van der Waals surface area contributed by atoms with E-state index in [1.807, 2.05) is 6.92 Å². The van der Waals surface area contributed by atoms with Crippen LogP contribution in [0, 0.1) is 17.0 Å². The third-order valence-corrected chi connectivity index (χ3v) is 5.40. The molecule has 0 saturated heterocycles. The molecule has 160 valence electrons. The van der Waals surface area contributed by atoms with Gasteiger partial charge in [0.2, 0.25) is 5.91 Å². The number of hydrogen-bond donors (Lipinski definition) is 3. The molecule has 0 atom stereocenters. The Bertz CT molecular complexity index is 1190. The number of rotatable bonds is 6. The molecule has 0 fully saturated rings. The molecule has 11 heteroatoms. The summed E-state index contributed by atoms with van der Waals surface area (Å²) in [6.45, 7) is 3.53. The van der Waals surface area contributed by atoms with Crippen LogP contribution in [-0.2, 0) is 4.79 Å². The van der Waals surface area contributed by atoms with Crippen molar-refractivity contribution in [2.45, 2.75) is 26.7 Å². The molecule has 0 aliphatic carbocycles. The molecule has 0 saturated carbocycles. The van der Waals surface area contributed by atoms with E-state index in [9.17, 15) is 19.7 Å². The normalized spacial score (nSPS) is 10.5. The quantitative estimate of drug-likeness (QED) is 0.285. The number of nitro groups is 1. The molecule has 3 aromatic rings. The van der Waals surface area contributed by atoms with Gasteiger partial charge in [0, 0.05) is 29.3 Å². The molecule has 0 spiro atoms. The van der Waals surface area contributed by atoms with Gasteiger partial charge in [0.25, 0.3) is 11.6 Å². The van der Waals surface area contributed by atoms with Gasteiger partial charge in [0.05, 0.1) is 15.1 Å². The highest BCUT2D eigenvalue weighted by atomic mass is 32.1. The second-order valence-electron chi connectivity index (χ2n) is 6.67. The van der Waals surface area contributed by atoms with Gasteiger partial charge in [-0.05, 0) is 49.8 Å². The lowest BCUT2D eigenvalue weighted by molar-refractivity contribution is -0.385. The Hall–Kier alpha value is -3.44. The standard InChI is InChI=1S/C20H19N5O4S2/c1-3-4-17(26)23-20-22-14-8-7-13(10-16(14)31-20)21-19(30)24-18(27)12-6-5-11(2)15(9-12)25(28)29/h5-10H,3-4H2,1-2H3,(H,22,23,26)(H2,21,24,27,30). The number of thiazole rings is 1. The molecule has 0 bridgehead atoms. The van der Waals surface area contributed by atoms with Crippen molar-refractivity contribution >= 4 is 67.2 Å². The summed E-state index contributed by atoms with van der Waals surface area (Å²) in [5, 5.41) is 19.8. The fraction of sp³-hybridized carbons (Fsp3) is 0.200. The van der Waals surface area contributed by atoms with Crippen molar-refractivity contribution in [3.05, 3.63) is 57.6 Å². The van der Waals surface area contributed by atoms with Crippen molar-refractivity contribution in [1.82, 2.24) is 10.3 Å². The number of amides is 2. The number of aryl methyl sites for hydroxylation is 1. The minimum Gasteiger partial charge on any atom is -0.332 e. The highest BCUT2D eigenvalue weighted by Gasteiger charge is 2.16. The molecule has 0 radical (unpaired) electrons. The van der Waals surface area contributed by atoms with Crippen molar-refractivity contribution in [2.24, 2.45) is 0 Å². The Morgan fingerprint density at radius 3 is 2.68 bits per heavy atom. The number of fused-ring (bicyclic) bond motifs is 1. The zero-order valence-electron chi connectivity index (χ0n) is 16.7. The lowest BCUT2D eigenvalue weighted by Gasteiger charge is -2.10. The summed E-state index contributed by atoms with van der Waals surface area (Å²) < 4.78 is 0.833. The third-order valence-electron chi connectivity index (χ3n) is 4.26. The van der Waals surface area contributed by atoms with Crippen LogP contribution in [0.4, 0.5) is 16.5 Å². The largest absolute Gasteiger partial charge is 0.332 e. The van der Waals surface area contributed by atoms with E-state index in [2.05, 4.69) is 20.9 Å². The summed E-state index contributed by atoms with van der Waals surface area (Å²) in [4.78, 5) is 39.0. The van der Waals surface area contributed by atoms with Crippen LogP contribution in [-0.4, -0.2) is 26.8 Å². The topological polar surface area (TPSA) is 126 Å². The molecule has 2 amide bonds. The molecule has 1 aromatic heterocycles. The predicted molar refractivity (Wildman–Crippen MR) is 125 cm³/mol. The van der Waals surface area contributed by atoms with Crippen LogP contribution in [0.5, 0.6) is 0 Å². The highest BCUT2D eigenvalue weighted by molar-refractivity contribution is 7.80. The van der Waals surface area contributed by atoms with Crippen molar-refractivity contribution in [2.75, 3.05) is 10.6 Å². The van der Waals surface area contributed by atoms with E-state index in [-0.39, 0.29) is 22.3 Å². The molecule has 3 rings (SSSR count). The fourth-order valence-corrected chi connectivity index (χ4v) is 3.88. The minimum absolute atomic E-state index is 0.0496. The fourth-order valence-electron chi connectivity index (χ4n) is 2.75. The van der Waals surface area contributed by atoms with Crippen molar-refractivity contribution < 1.29 is 14.5 Å². The van der Waals surface area contributed by atoms with E-state index in [1.165, 1.54) is 29.5 Å². The van der Waals surface area contributed by atoms with Gasteiger partial charge in [-0.3, -0.25) is 25.0 Å². The van der Waals surface area contributed by atoms with Gasteiger partial charge in [-0.25, -0.2) is 4.98 Å². The maximum Gasteiger partial charge on any atom is 0.273 e. The zero-order valence-corrected chi connectivity index (χ0v) is 18.4. The van der Waals surface area contributed by atoms with E-state index in [1.54, 1.807) is 25.1 Å². The molecule has 31 heavy (non-hydrogen) atoms. The molecule has 3 N–H and O–H groups in total. The molecule has 9 nitrogen and oxygen atoms in total. The Morgan fingerprint density at radius 2 is 1.97 bits per heavy atom. The number of aromatic nitrogens is 1. The van der Waals surface area contributed by atoms with Gasteiger partial charge in [0.15, 0.2) is 10.2 Å². The Balaban J connectivity index is 1.67. The van der Waals surface area contributed by atoms with E-state index >= 15 is 0 Å². The molecule has 2 aromatic carbocycles. The third kappa shape index (κ3) is 5.58. The van der Waals surface area contributed by atoms with Gasteiger partial charge < -0.3 is 10.6 Å². The number of nitrogens with zero attached hydrogens (tertiary/aromatic N) is 2. The predicted octanol–water partition coefficient (Wildman–Crippen LogP) is 4.38. The minimum atomic E-state index is -0.555. The second-order valence-corrected chi connectivity index (χ2v) is 8.11. The van der Waals surface area contributed by atoms with Crippen molar-refractivity contribution in [3.8, 4) is 0 Å². The Kier molecular flexibility index (Phi) is 6.88. The second kappa shape index (κ2) is 9.58. The zero-order chi connectivity index (χ0) is 22.5. The van der Waals surface area contributed by atoms with Gasteiger partial charge in [-0.15, -0.1) is 0 Å². The number of anilines is 2. The smallest absolute Gasteiger partial charge is 0.273 e. The Labute approximate surface area is 187 Å². The van der Waals surface area contributed by atoms with Crippen LogP contribution < -0.4 is 16.0 Å². The van der Waals surface area contributed by atoms with Crippen LogP contribution in [0.3, 0.4) is 0 Å². The first-order chi connectivity index (χ1) is 14.8. The van der Waals surface area contributed by atoms with E-state index in [0.717, 1.165) is 16.6 Å². The summed E-state index contributed by atoms with van der Waals surface area (Å²) in [5.41, 5.74) is 1.81. The molecule has 0 unspecified atom stereocenters. The van der Waals surface area contributed by atoms with E-state index < -0.39 is 10.8 Å². The first kappa shape index (κ1) is 22.2. The van der Waals surface area contributed by atoms with E-state index in [0.29, 0.717) is 22.8 Å². The molecular formula is C20H19N5O4S2. The molecule has 0 aliphatic rings. The molecule has 0 aliphatic heterocycles. The van der Waals surface area contributed by atoms with Gasteiger partial charge in [-0.2, -0.15) is 0 Å². The van der Waals surface area contributed by atoms with Crippen LogP contribution in [0.1, 0.15) is 35.7 Å². The Morgan fingerprint density at radius 1 is 1.19 bits per heavy atom. The summed E-state index contributed by atoms with van der Waals surface area (Å²) in [6, 6.07) is 9.55. The summed E-state index contributed by atoms with van der Waals surface area (Å²) >= 11 is 6.52. The number of thiocarbonyl (C=S) groups is 1. The first-order valence-corrected chi connectivity index (χ1v) is 10.6. The summed E-state index contributed by atoms with van der Waals surface area (Å²) in [7, 11) is 0. The summed E-state index contributed by atoms with van der Waals surface area (Å²) in [6.07, 6.45) is 1.19. The molecule has 1 heterocycles. The first-order valence-electron chi connectivity index (χ1n) is 9.34. The number of carbonyl (C=O) groups is 2. The van der Waals surface area contributed by atoms with Crippen LogP contribution >= 0.6 is 23.6 Å². The number of benzene rings is 2. The van der Waals surface area contributed by atoms with Gasteiger partial charge in [0.1, 0.15) is 0 Å². The lowest BCUT2D eigenvalue weighted by atomic mass is 10.1. The number of nitrogens with one attached hydrogen (secondary N) is 3. The van der Waals surface area contributed by atoms with Crippen LogP contribution in [0.15, 0.2) is 36.4 Å². The van der Waals surface area contributed by atoms with E-state index in [4.69, 9.17) is 12.2 Å². The van der Waals surface area contributed by atoms with Crippen LogP contribution in [0.2, 0.25) is 0 Å². The van der Waals surface area contributed by atoms with Crippen molar-refractivity contribution in [3.63, 3.8) is 0 Å². The molecular weight excluding hydrogens is 438 g/mol. The lowest BCUT2D eigenvalue weighted by Crippen LogP contribution is -2.34. The maximum absolute atomic E-state index is 12.4. The average molecular weight is 458 g/mol. The van der Waals surface area contributed by atoms with Crippen LogP contribution in [0.25, 0.3) is 10.2 Å². The van der Waals surface area contributed by atoms with Crippen molar-refractivity contribution in [1.29, 1.82) is 0 Å². The highest BCUT2D eigenvalue weighted by Crippen LogP contribution is 2.28. The number of nitro benzene ring substituents is 1. The number of carbonyl (C=O) groups excluding carboxylic acids is 2. The monoisotopic (exact) mass is 457 g/mol. The van der Waals surface area contributed by atoms with Gasteiger partial charge >= 0.3 is 0 Å².